The molecule has 0 heterocycles. The van der Waals surface area contributed by atoms with Gasteiger partial charge in [0.2, 0.25) is 0 Å². The van der Waals surface area contributed by atoms with Crippen molar-refractivity contribution in [2.24, 2.45) is 39.9 Å². The molecule has 1 N–H and O–H groups in total. The van der Waals surface area contributed by atoms with E-state index in [1.165, 1.54) is 13.0 Å². The van der Waals surface area contributed by atoms with Gasteiger partial charge in [-0.05, 0) is 67.1 Å². The standard InChI is InChI=1S/C28H34O6/c1-8-15-9-10-17(30)19-16(15)11-26(5)12-27(6)20(13(2)3)22(31)18(14(4)29)24(33)28(27,7)25(34)21(26)23(19)32/h9-10,13,18,20-21,30H,8,11-12H2,1-7H3/t18?,20?,21?,26-,27-,28-/m1/s1. The summed E-state index contributed by atoms with van der Waals surface area (Å²) in [5.74, 6) is -6.24. The third-order valence-electron chi connectivity index (χ3n) is 9.33. The van der Waals surface area contributed by atoms with E-state index in [1.54, 1.807) is 6.92 Å². The summed E-state index contributed by atoms with van der Waals surface area (Å²) in [6.07, 6.45) is 1.39. The molecule has 0 spiro atoms. The van der Waals surface area contributed by atoms with E-state index >= 15 is 0 Å². The molecular weight excluding hydrogens is 432 g/mol. The van der Waals surface area contributed by atoms with Crippen LogP contribution in [0.5, 0.6) is 5.75 Å². The molecule has 1 aromatic rings. The van der Waals surface area contributed by atoms with E-state index in [-0.39, 0.29) is 17.2 Å². The quantitative estimate of drug-likeness (QED) is 0.677. The van der Waals surface area contributed by atoms with E-state index in [0.29, 0.717) is 19.3 Å². The number of aryl methyl sites for hydroxylation is 1. The highest BCUT2D eigenvalue weighted by Crippen LogP contribution is 2.67. The number of rotatable bonds is 3. The van der Waals surface area contributed by atoms with Crippen molar-refractivity contribution in [1.82, 2.24) is 0 Å². The van der Waals surface area contributed by atoms with Gasteiger partial charge in [0.05, 0.1) is 16.9 Å². The maximum absolute atomic E-state index is 14.3. The topological polar surface area (TPSA) is 106 Å². The first kappa shape index (κ1) is 24.5. The number of hydrogen-bond donors (Lipinski definition) is 1. The molecule has 0 aliphatic heterocycles. The number of carbonyl (C=O) groups excluding carboxylic acids is 5. The van der Waals surface area contributed by atoms with Gasteiger partial charge in [0.15, 0.2) is 23.1 Å². The summed E-state index contributed by atoms with van der Waals surface area (Å²) in [5, 5.41) is 10.6. The van der Waals surface area contributed by atoms with Crippen molar-refractivity contribution in [3.8, 4) is 5.75 Å². The lowest BCUT2D eigenvalue weighted by Gasteiger charge is -2.63. The number of phenols is 1. The molecule has 0 radical (unpaired) electrons. The zero-order chi connectivity index (χ0) is 25.5. The zero-order valence-electron chi connectivity index (χ0n) is 21.1. The molecular formula is C28H34O6. The van der Waals surface area contributed by atoms with Crippen molar-refractivity contribution in [2.45, 2.75) is 67.7 Å². The van der Waals surface area contributed by atoms with Crippen LogP contribution in [0.15, 0.2) is 12.1 Å². The van der Waals surface area contributed by atoms with Crippen molar-refractivity contribution in [2.75, 3.05) is 0 Å². The molecule has 6 heteroatoms. The molecule has 6 atom stereocenters. The van der Waals surface area contributed by atoms with Crippen LogP contribution in [-0.4, -0.2) is 34.0 Å². The Bertz CT molecular complexity index is 1160. The average Bonchev–Trinajstić information content (AvgIpc) is 2.70. The first-order chi connectivity index (χ1) is 15.7. The van der Waals surface area contributed by atoms with E-state index in [9.17, 15) is 29.1 Å². The Labute approximate surface area is 200 Å². The van der Waals surface area contributed by atoms with Crippen LogP contribution in [0.25, 0.3) is 0 Å². The Kier molecular flexibility index (Phi) is 5.35. The van der Waals surface area contributed by atoms with E-state index in [0.717, 1.165) is 11.1 Å². The third kappa shape index (κ3) is 2.77. The van der Waals surface area contributed by atoms with Gasteiger partial charge in [-0.3, -0.25) is 24.0 Å². The van der Waals surface area contributed by atoms with Crippen LogP contribution in [-0.2, 0) is 32.0 Å². The van der Waals surface area contributed by atoms with Gasteiger partial charge in [-0.25, -0.2) is 0 Å². The van der Waals surface area contributed by atoms with E-state index in [1.807, 2.05) is 40.7 Å². The Morgan fingerprint density at radius 3 is 2.24 bits per heavy atom. The summed E-state index contributed by atoms with van der Waals surface area (Å²) in [6, 6.07) is 3.30. The molecule has 3 aliphatic carbocycles. The fourth-order valence-electron chi connectivity index (χ4n) is 7.82. The van der Waals surface area contributed by atoms with Crippen molar-refractivity contribution >= 4 is 28.9 Å². The van der Waals surface area contributed by atoms with Gasteiger partial charge in [0, 0.05) is 5.92 Å². The Balaban J connectivity index is 1.99. The number of carbonyl (C=O) groups is 5. The van der Waals surface area contributed by atoms with Gasteiger partial charge in [0.25, 0.3) is 0 Å². The Morgan fingerprint density at radius 2 is 1.71 bits per heavy atom. The van der Waals surface area contributed by atoms with Gasteiger partial charge in [-0.1, -0.05) is 40.7 Å². The molecule has 3 aliphatic rings. The summed E-state index contributed by atoms with van der Waals surface area (Å²) in [5.41, 5.74) is -1.64. The van der Waals surface area contributed by atoms with Crippen molar-refractivity contribution in [1.29, 1.82) is 0 Å². The molecule has 6 nitrogen and oxygen atoms in total. The number of Topliss-reactive ketones (excluding diaryl/α,β-unsaturated/α-hetero) is 5. The number of benzene rings is 1. The summed E-state index contributed by atoms with van der Waals surface area (Å²) in [7, 11) is 0. The molecule has 2 fully saturated rings. The van der Waals surface area contributed by atoms with Gasteiger partial charge in [-0.2, -0.15) is 0 Å². The van der Waals surface area contributed by atoms with Crippen LogP contribution >= 0.6 is 0 Å². The number of aromatic hydroxyl groups is 1. The van der Waals surface area contributed by atoms with E-state index < -0.39 is 62.9 Å². The Morgan fingerprint density at radius 1 is 1.09 bits per heavy atom. The van der Waals surface area contributed by atoms with Gasteiger partial charge >= 0.3 is 0 Å². The summed E-state index contributed by atoms with van der Waals surface area (Å²) < 4.78 is 0. The molecule has 34 heavy (non-hydrogen) atoms. The lowest BCUT2D eigenvalue weighted by Crippen LogP contribution is -2.72. The predicted octanol–water partition coefficient (Wildman–Crippen LogP) is 3.93. The largest absolute Gasteiger partial charge is 0.507 e. The van der Waals surface area contributed by atoms with Gasteiger partial charge in [0.1, 0.15) is 17.5 Å². The van der Waals surface area contributed by atoms with Crippen molar-refractivity contribution < 1.29 is 29.1 Å². The summed E-state index contributed by atoms with van der Waals surface area (Å²) in [4.78, 5) is 68.0. The number of phenolic OH excluding ortho intramolecular Hbond substituents is 1. The van der Waals surface area contributed by atoms with Crippen LogP contribution in [0, 0.1) is 39.9 Å². The number of hydrogen-bond acceptors (Lipinski definition) is 6. The maximum atomic E-state index is 14.3. The molecule has 3 unspecified atom stereocenters. The lowest BCUT2D eigenvalue weighted by molar-refractivity contribution is -0.185. The van der Waals surface area contributed by atoms with Crippen LogP contribution < -0.4 is 0 Å². The minimum Gasteiger partial charge on any atom is -0.507 e. The molecule has 1 aromatic carbocycles. The molecule has 0 aromatic heterocycles. The first-order valence-corrected chi connectivity index (χ1v) is 12.2. The van der Waals surface area contributed by atoms with Crippen LogP contribution in [0.4, 0.5) is 0 Å². The summed E-state index contributed by atoms with van der Waals surface area (Å²) >= 11 is 0. The SMILES string of the molecule is CCc1ccc(O)c2c1C[C@]1(C)C[C@]3(C)C(C(C)C)C(=O)C(C(C)=O)C(=O)[C@]3(C)C(=O)C1C2=O. The second kappa shape index (κ2) is 7.43. The normalized spacial score (nSPS) is 37.4. The zero-order valence-corrected chi connectivity index (χ0v) is 21.1. The lowest BCUT2D eigenvalue weighted by atomic mass is 9.36. The second-order valence-corrected chi connectivity index (χ2v) is 11.7. The highest BCUT2D eigenvalue weighted by molar-refractivity contribution is 6.30. The van der Waals surface area contributed by atoms with Crippen molar-refractivity contribution in [3.63, 3.8) is 0 Å². The Hall–Kier alpha value is -2.63. The smallest absolute Gasteiger partial charge is 0.177 e. The first-order valence-electron chi connectivity index (χ1n) is 12.2. The minimum absolute atomic E-state index is 0.155. The minimum atomic E-state index is -1.65. The van der Waals surface area contributed by atoms with Crippen molar-refractivity contribution in [3.05, 3.63) is 28.8 Å². The molecule has 182 valence electrons. The van der Waals surface area contributed by atoms with Gasteiger partial charge in [-0.15, -0.1) is 0 Å². The second-order valence-electron chi connectivity index (χ2n) is 11.7. The summed E-state index contributed by atoms with van der Waals surface area (Å²) in [6.45, 7) is 12.2. The van der Waals surface area contributed by atoms with Crippen LogP contribution in [0.1, 0.15) is 76.4 Å². The number of ketones is 5. The predicted molar refractivity (Wildman–Crippen MR) is 125 cm³/mol. The van der Waals surface area contributed by atoms with Crippen LogP contribution in [0.2, 0.25) is 0 Å². The monoisotopic (exact) mass is 466 g/mol. The highest BCUT2D eigenvalue weighted by atomic mass is 16.3. The molecule has 0 amide bonds. The van der Waals surface area contributed by atoms with E-state index in [2.05, 4.69) is 0 Å². The molecule has 0 bridgehead atoms. The van der Waals surface area contributed by atoms with Crippen LogP contribution in [0.3, 0.4) is 0 Å². The van der Waals surface area contributed by atoms with E-state index in [4.69, 9.17) is 0 Å². The average molecular weight is 467 g/mol. The maximum Gasteiger partial charge on any atom is 0.177 e. The molecule has 0 saturated heterocycles. The third-order valence-corrected chi connectivity index (χ3v) is 9.33. The fourth-order valence-corrected chi connectivity index (χ4v) is 7.82. The van der Waals surface area contributed by atoms with Gasteiger partial charge < -0.3 is 5.11 Å². The molecule has 4 rings (SSSR count). The highest BCUT2D eigenvalue weighted by Gasteiger charge is 2.74. The molecule has 2 saturated carbocycles. The fraction of sp³-hybridized carbons (Fsp3) is 0.607. The number of fused-ring (bicyclic) bond motifs is 3.